The van der Waals surface area contributed by atoms with Crippen LogP contribution in [0.3, 0.4) is 0 Å². The van der Waals surface area contributed by atoms with E-state index in [4.69, 9.17) is 17.3 Å². The van der Waals surface area contributed by atoms with E-state index in [0.717, 1.165) is 17.8 Å². The van der Waals surface area contributed by atoms with Gasteiger partial charge in [0.1, 0.15) is 4.21 Å². The number of nitrogens with two attached hydrogens (primary N) is 1. The number of carbonyl (C=O) groups excluding carboxylic acids is 1. The fraction of sp³-hybridized carbons (Fsp3) is 0.667. The third-order valence-electron chi connectivity index (χ3n) is 4.14. The lowest BCUT2D eigenvalue weighted by Crippen LogP contribution is -2.54. The molecule has 6 nitrogen and oxygen atoms in total. The Labute approximate surface area is 152 Å². The van der Waals surface area contributed by atoms with Gasteiger partial charge in [-0.3, -0.25) is 4.79 Å². The molecule has 2 rings (SSSR count). The van der Waals surface area contributed by atoms with E-state index in [1.807, 2.05) is 6.92 Å². The van der Waals surface area contributed by atoms with Crippen molar-refractivity contribution in [3.05, 3.63) is 16.5 Å². The van der Waals surface area contributed by atoms with Crippen molar-refractivity contribution in [2.45, 2.75) is 42.9 Å². The monoisotopic (exact) mass is 393 g/mol. The molecular formula is C15H24ClN3O3S2. The quantitative estimate of drug-likeness (QED) is 0.830. The molecule has 0 aliphatic carbocycles. The van der Waals surface area contributed by atoms with E-state index in [-0.39, 0.29) is 16.7 Å². The summed E-state index contributed by atoms with van der Waals surface area (Å²) >= 11 is 6.90. The number of sulfonamides is 1. The Balaban J connectivity index is 2.09. The van der Waals surface area contributed by atoms with Crippen molar-refractivity contribution in [3.63, 3.8) is 0 Å². The van der Waals surface area contributed by atoms with Gasteiger partial charge in [-0.1, -0.05) is 24.9 Å². The van der Waals surface area contributed by atoms with Crippen LogP contribution in [0, 0.1) is 0 Å². The van der Waals surface area contributed by atoms with Gasteiger partial charge in [-0.05, 0) is 31.9 Å². The first-order valence-electron chi connectivity index (χ1n) is 8.02. The van der Waals surface area contributed by atoms with Crippen LogP contribution in [-0.2, 0) is 14.8 Å². The minimum absolute atomic E-state index is 0.109. The normalized spacial score (nSPS) is 19.8. The highest BCUT2D eigenvalue weighted by Gasteiger charge is 2.34. The minimum atomic E-state index is -3.56. The van der Waals surface area contributed by atoms with Gasteiger partial charge in [0.2, 0.25) is 5.91 Å². The van der Waals surface area contributed by atoms with E-state index in [9.17, 15) is 13.2 Å². The summed E-state index contributed by atoms with van der Waals surface area (Å²) in [5.74, 6) is -0.109. The number of thiophene rings is 1. The van der Waals surface area contributed by atoms with Gasteiger partial charge in [-0.25, -0.2) is 8.42 Å². The maximum absolute atomic E-state index is 12.7. The molecule has 1 fully saturated rings. The number of amides is 1. The molecule has 1 aliphatic rings. The lowest BCUT2D eigenvalue weighted by molar-refractivity contribution is -0.136. The first-order valence-corrected chi connectivity index (χ1v) is 10.7. The minimum Gasteiger partial charge on any atom is -0.340 e. The van der Waals surface area contributed by atoms with Gasteiger partial charge < -0.3 is 10.6 Å². The zero-order valence-corrected chi connectivity index (χ0v) is 16.4. The van der Waals surface area contributed by atoms with Crippen molar-refractivity contribution >= 4 is 38.9 Å². The number of carbonyl (C=O) groups is 1. The largest absolute Gasteiger partial charge is 0.340 e. The molecule has 0 radical (unpaired) electrons. The number of nitrogens with zero attached hydrogens (tertiary/aromatic N) is 2. The molecule has 136 valence electrons. The SMILES string of the molecule is CCCC(C)(N)C(=O)N1CCCN(S(=O)(=O)c2ccc(Cl)s2)CC1. The van der Waals surface area contributed by atoms with Gasteiger partial charge >= 0.3 is 0 Å². The van der Waals surface area contributed by atoms with Gasteiger partial charge in [0.15, 0.2) is 0 Å². The molecule has 9 heteroatoms. The second-order valence-electron chi connectivity index (χ2n) is 6.28. The van der Waals surface area contributed by atoms with E-state index in [1.165, 1.54) is 10.4 Å². The lowest BCUT2D eigenvalue weighted by Gasteiger charge is -2.31. The van der Waals surface area contributed by atoms with E-state index in [1.54, 1.807) is 17.9 Å². The van der Waals surface area contributed by atoms with Crippen LogP contribution in [0.25, 0.3) is 0 Å². The van der Waals surface area contributed by atoms with Gasteiger partial charge in [-0.15, -0.1) is 11.3 Å². The highest BCUT2D eigenvalue weighted by Crippen LogP contribution is 2.28. The summed E-state index contributed by atoms with van der Waals surface area (Å²) in [6.07, 6.45) is 2.02. The Kier molecular flexibility index (Phi) is 6.30. The summed E-state index contributed by atoms with van der Waals surface area (Å²) in [5.41, 5.74) is 5.23. The van der Waals surface area contributed by atoms with Gasteiger partial charge in [0, 0.05) is 26.2 Å². The van der Waals surface area contributed by atoms with Crippen LogP contribution in [0.15, 0.2) is 16.3 Å². The Morgan fingerprint density at radius 1 is 1.33 bits per heavy atom. The molecule has 1 amide bonds. The Hall–Kier alpha value is -0.670. The third kappa shape index (κ3) is 4.29. The van der Waals surface area contributed by atoms with E-state index < -0.39 is 15.6 Å². The van der Waals surface area contributed by atoms with E-state index in [0.29, 0.717) is 36.8 Å². The number of halogens is 1. The molecule has 1 atom stereocenters. The van der Waals surface area contributed by atoms with Crippen LogP contribution in [0.1, 0.15) is 33.1 Å². The predicted octanol–water partition coefficient (Wildman–Crippen LogP) is 2.14. The second-order valence-corrected chi connectivity index (χ2v) is 10.2. The van der Waals surface area contributed by atoms with Gasteiger partial charge in [0.25, 0.3) is 10.0 Å². The zero-order valence-electron chi connectivity index (χ0n) is 14.0. The molecule has 2 N–H and O–H groups in total. The number of hydrogen-bond acceptors (Lipinski definition) is 5. The molecule has 2 heterocycles. The first kappa shape index (κ1) is 19.7. The van der Waals surface area contributed by atoms with Crippen molar-refractivity contribution < 1.29 is 13.2 Å². The standard InChI is InChI=1S/C15H24ClN3O3S2/c1-3-7-15(2,17)14(20)18-8-4-9-19(11-10-18)24(21,22)13-6-5-12(16)23-13/h5-6H,3-4,7-11,17H2,1-2H3. The smallest absolute Gasteiger partial charge is 0.252 e. The molecule has 1 aromatic rings. The average molecular weight is 394 g/mol. The molecule has 0 bridgehead atoms. The van der Waals surface area contributed by atoms with Crippen molar-refractivity contribution in [1.82, 2.24) is 9.21 Å². The summed E-state index contributed by atoms with van der Waals surface area (Å²) in [6.45, 7) is 5.26. The number of hydrogen-bond donors (Lipinski definition) is 1. The fourth-order valence-corrected chi connectivity index (χ4v) is 5.99. The summed E-state index contributed by atoms with van der Waals surface area (Å²) < 4.78 is 27.5. The van der Waals surface area contributed by atoms with Crippen LogP contribution in [0.2, 0.25) is 4.34 Å². The molecule has 24 heavy (non-hydrogen) atoms. The molecule has 1 aliphatic heterocycles. The van der Waals surface area contributed by atoms with Crippen molar-refractivity contribution in [2.24, 2.45) is 5.73 Å². The Morgan fingerprint density at radius 2 is 2.04 bits per heavy atom. The fourth-order valence-electron chi connectivity index (χ4n) is 2.89. The third-order valence-corrected chi connectivity index (χ3v) is 7.74. The van der Waals surface area contributed by atoms with Crippen LogP contribution in [-0.4, -0.2) is 55.2 Å². The maximum Gasteiger partial charge on any atom is 0.252 e. The average Bonchev–Trinajstić information content (AvgIpc) is 2.81. The maximum atomic E-state index is 12.7. The number of rotatable bonds is 5. The van der Waals surface area contributed by atoms with Crippen molar-refractivity contribution in [1.29, 1.82) is 0 Å². The molecule has 1 aromatic heterocycles. The van der Waals surface area contributed by atoms with Crippen LogP contribution >= 0.6 is 22.9 Å². The highest BCUT2D eigenvalue weighted by atomic mass is 35.5. The molecule has 0 saturated carbocycles. The summed E-state index contributed by atoms with van der Waals surface area (Å²) in [5, 5.41) is 0. The molecule has 1 unspecified atom stereocenters. The summed E-state index contributed by atoms with van der Waals surface area (Å²) in [6, 6.07) is 3.10. The van der Waals surface area contributed by atoms with Crippen molar-refractivity contribution in [3.8, 4) is 0 Å². The second kappa shape index (κ2) is 7.70. The predicted molar refractivity (Wildman–Crippen MR) is 96.8 cm³/mol. The molecule has 0 spiro atoms. The van der Waals surface area contributed by atoms with E-state index in [2.05, 4.69) is 0 Å². The molecule has 0 aromatic carbocycles. The summed E-state index contributed by atoms with van der Waals surface area (Å²) in [4.78, 5) is 14.3. The molecular weight excluding hydrogens is 370 g/mol. The topological polar surface area (TPSA) is 83.7 Å². The Morgan fingerprint density at radius 3 is 2.62 bits per heavy atom. The highest BCUT2D eigenvalue weighted by molar-refractivity contribution is 7.91. The summed E-state index contributed by atoms with van der Waals surface area (Å²) in [7, 11) is -3.56. The first-order chi connectivity index (χ1) is 11.2. The Bertz CT molecular complexity index is 688. The zero-order chi connectivity index (χ0) is 18.0. The van der Waals surface area contributed by atoms with Crippen LogP contribution in [0.4, 0.5) is 0 Å². The van der Waals surface area contributed by atoms with Crippen molar-refractivity contribution in [2.75, 3.05) is 26.2 Å². The van der Waals surface area contributed by atoms with Crippen LogP contribution in [0.5, 0.6) is 0 Å². The molecule has 1 saturated heterocycles. The van der Waals surface area contributed by atoms with E-state index >= 15 is 0 Å². The lowest BCUT2D eigenvalue weighted by atomic mass is 9.95. The van der Waals surface area contributed by atoms with Gasteiger partial charge in [-0.2, -0.15) is 4.31 Å². The van der Waals surface area contributed by atoms with Gasteiger partial charge in [0.05, 0.1) is 9.88 Å². The van der Waals surface area contributed by atoms with Crippen LogP contribution < -0.4 is 5.73 Å².